The van der Waals surface area contributed by atoms with Gasteiger partial charge in [0.05, 0.1) is 0 Å². The molecule has 3 fully saturated rings. The van der Waals surface area contributed by atoms with E-state index in [2.05, 4.69) is 6.92 Å². The van der Waals surface area contributed by atoms with Crippen molar-refractivity contribution in [3.63, 3.8) is 0 Å². The third-order valence-corrected chi connectivity index (χ3v) is 7.93. The van der Waals surface area contributed by atoms with Crippen molar-refractivity contribution in [1.82, 2.24) is 0 Å². The smallest absolute Gasteiger partial charge is 0.209 e. The van der Waals surface area contributed by atoms with Crippen molar-refractivity contribution in [1.29, 1.82) is 0 Å². The zero-order valence-electron chi connectivity index (χ0n) is 14.1. The maximum absolute atomic E-state index is 11.8. The zero-order chi connectivity index (χ0) is 16.2. The molecule has 0 N–H and O–H groups in total. The molecule has 0 aliphatic heterocycles. The number of ketones is 1. The Kier molecular flexibility index (Phi) is 3.44. The fourth-order valence-electron chi connectivity index (χ4n) is 6.89. The number of nitrogens with zero attached hydrogens (tertiary/aromatic N) is 1. The van der Waals surface area contributed by atoms with Gasteiger partial charge in [0.15, 0.2) is 5.78 Å². The van der Waals surface area contributed by atoms with Crippen LogP contribution in [0.3, 0.4) is 0 Å². The van der Waals surface area contributed by atoms with Crippen molar-refractivity contribution in [2.75, 3.05) is 6.54 Å². The Labute approximate surface area is 137 Å². The number of fused-ring (bicyclic) bond motifs is 5. The Morgan fingerprint density at radius 2 is 2.00 bits per heavy atom. The van der Waals surface area contributed by atoms with Gasteiger partial charge in [-0.05, 0) is 74.2 Å². The number of hydrogen-bond donors (Lipinski definition) is 0. The number of nitro groups is 1. The van der Waals surface area contributed by atoms with Crippen LogP contribution in [0.15, 0.2) is 11.6 Å². The van der Waals surface area contributed by atoms with Gasteiger partial charge < -0.3 is 0 Å². The summed E-state index contributed by atoms with van der Waals surface area (Å²) in [4.78, 5) is 23.0. The molecule has 0 bridgehead atoms. The molecule has 0 aromatic heterocycles. The third-order valence-electron chi connectivity index (χ3n) is 7.93. The fourth-order valence-corrected chi connectivity index (χ4v) is 6.89. The third kappa shape index (κ3) is 2.20. The highest BCUT2D eigenvalue weighted by Gasteiger charge is 2.59. The molecular weight excluding hydrogens is 290 g/mol. The van der Waals surface area contributed by atoms with Crippen molar-refractivity contribution in [3.8, 4) is 0 Å². The lowest BCUT2D eigenvalue weighted by atomic mass is 9.47. The summed E-state index contributed by atoms with van der Waals surface area (Å²) in [6.45, 7) is 2.55. The van der Waals surface area contributed by atoms with Crippen molar-refractivity contribution < 1.29 is 9.72 Å². The molecule has 0 radical (unpaired) electrons. The van der Waals surface area contributed by atoms with Gasteiger partial charge in [0.2, 0.25) is 6.54 Å². The van der Waals surface area contributed by atoms with E-state index in [1.54, 1.807) is 0 Å². The van der Waals surface area contributed by atoms with Gasteiger partial charge in [-0.3, -0.25) is 14.9 Å². The molecule has 3 saturated carbocycles. The van der Waals surface area contributed by atoms with E-state index >= 15 is 0 Å². The molecule has 0 aromatic rings. The van der Waals surface area contributed by atoms with E-state index in [4.69, 9.17) is 0 Å². The van der Waals surface area contributed by atoms with E-state index in [0.29, 0.717) is 30.0 Å². The molecule has 5 atom stereocenters. The van der Waals surface area contributed by atoms with Crippen molar-refractivity contribution in [2.45, 2.75) is 64.7 Å². The number of carbonyl (C=O) groups excluding carboxylic acids is 1. The highest BCUT2D eigenvalue weighted by molar-refractivity contribution is 5.91. The van der Waals surface area contributed by atoms with Crippen LogP contribution < -0.4 is 0 Å². The number of allylic oxidation sites excluding steroid dienone is 1. The van der Waals surface area contributed by atoms with E-state index in [1.807, 2.05) is 6.08 Å². The summed E-state index contributed by atoms with van der Waals surface area (Å²) in [5, 5.41) is 11.3. The monoisotopic (exact) mass is 317 g/mol. The molecule has 4 nitrogen and oxygen atoms in total. The fraction of sp³-hybridized carbons (Fsp3) is 0.842. The number of rotatable bonds is 2. The molecule has 0 heterocycles. The van der Waals surface area contributed by atoms with Gasteiger partial charge in [0.25, 0.3) is 0 Å². The Morgan fingerprint density at radius 3 is 2.78 bits per heavy atom. The molecule has 0 amide bonds. The minimum absolute atomic E-state index is 0.0211. The maximum atomic E-state index is 11.8. The molecular formula is C19H27NO3. The van der Waals surface area contributed by atoms with Crippen molar-refractivity contribution >= 4 is 5.78 Å². The van der Waals surface area contributed by atoms with E-state index in [-0.39, 0.29) is 22.3 Å². The van der Waals surface area contributed by atoms with Gasteiger partial charge in [-0.15, -0.1) is 0 Å². The first-order valence-corrected chi connectivity index (χ1v) is 9.30. The van der Waals surface area contributed by atoms with Gasteiger partial charge >= 0.3 is 0 Å². The predicted molar refractivity (Wildman–Crippen MR) is 87.5 cm³/mol. The quantitative estimate of drug-likeness (QED) is 0.567. The van der Waals surface area contributed by atoms with Crippen molar-refractivity contribution in [3.05, 3.63) is 21.8 Å². The van der Waals surface area contributed by atoms with E-state index < -0.39 is 0 Å². The summed E-state index contributed by atoms with van der Waals surface area (Å²) in [5.41, 5.74) is 1.54. The largest absolute Gasteiger partial charge is 0.295 e. The Hall–Kier alpha value is -1.19. The molecule has 0 unspecified atom stereocenters. The average molecular weight is 317 g/mol. The summed E-state index contributed by atoms with van der Waals surface area (Å²) in [5.74, 6) is 2.12. The first-order chi connectivity index (χ1) is 10.9. The number of hydrogen-bond acceptors (Lipinski definition) is 3. The second kappa shape index (κ2) is 5.15. The highest BCUT2D eigenvalue weighted by atomic mass is 16.6. The van der Waals surface area contributed by atoms with Crippen LogP contribution in [0.1, 0.15) is 64.7 Å². The summed E-state index contributed by atoms with van der Waals surface area (Å²) < 4.78 is 0. The van der Waals surface area contributed by atoms with Gasteiger partial charge in [0.1, 0.15) is 0 Å². The standard InChI is InChI=1S/C19H27NO3/c1-18-9-6-14(21)11-13(18)4-5-15-16(18)7-10-19(12-20(22)23)8-2-3-17(15)19/h11,15-17H,2-10,12H2,1H3/t15-,16+,17+,18+,19+/m1/s1. The van der Waals surface area contributed by atoms with Crippen LogP contribution in [0.4, 0.5) is 0 Å². The summed E-state index contributed by atoms with van der Waals surface area (Å²) in [6, 6.07) is 0. The molecule has 0 aromatic carbocycles. The van der Waals surface area contributed by atoms with E-state index in [0.717, 1.165) is 38.5 Å². The van der Waals surface area contributed by atoms with Crippen molar-refractivity contribution in [2.24, 2.45) is 28.6 Å². The first-order valence-electron chi connectivity index (χ1n) is 9.30. The normalized spacial score (nSPS) is 45.7. The average Bonchev–Trinajstić information content (AvgIpc) is 2.90. The molecule has 4 rings (SSSR count). The van der Waals surface area contributed by atoms with Gasteiger partial charge in [-0.2, -0.15) is 0 Å². The molecule has 0 spiro atoms. The van der Waals surface area contributed by atoms with Crippen LogP contribution in [-0.4, -0.2) is 17.3 Å². The van der Waals surface area contributed by atoms with Gasteiger partial charge in [-0.1, -0.05) is 18.9 Å². The van der Waals surface area contributed by atoms with E-state index in [9.17, 15) is 14.9 Å². The van der Waals surface area contributed by atoms with Crippen LogP contribution in [-0.2, 0) is 4.79 Å². The molecule has 4 aliphatic carbocycles. The molecule has 23 heavy (non-hydrogen) atoms. The lowest BCUT2D eigenvalue weighted by Gasteiger charge is -2.57. The van der Waals surface area contributed by atoms with Crippen LogP contribution in [0.25, 0.3) is 0 Å². The molecule has 4 aliphatic rings. The van der Waals surface area contributed by atoms with Crippen LogP contribution in [0, 0.1) is 38.7 Å². The molecule has 0 saturated heterocycles. The summed E-state index contributed by atoms with van der Waals surface area (Å²) >= 11 is 0. The Balaban J connectivity index is 1.66. The second-order valence-electron chi connectivity index (χ2n) is 8.75. The minimum atomic E-state index is -0.0617. The topological polar surface area (TPSA) is 60.2 Å². The SMILES string of the molecule is C[C@]12CCC(=O)C=C1CC[C@H]1[C@@H]3CCC[C@@]3(C[N+](=O)[O-])CC[C@@H]12. The molecule has 126 valence electrons. The van der Waals surface area contributed by atoms with Gasteiger partial charge in [-0.25, -0.2) is 0 Å². The number of carbonyl (C=O) groups is 1. The lowest BCUT2D eigenvalue weighted by molar-refractivity contribution is -0.502. The van der Waals surface area contributed by atoms with E-state index in [1.165, 1.54) is 18.4 Å². The summed E-state index contributed by atoms with van der Waals surface area (Å²) in [7, 11) is 0. The minimum Gasteiger partial charge on any atom is -0.295 e. The lowest BCUT2D eigenvalue weighted by Crippen LogP contribution is -2.51. The zero-order valence-corrected chi connectivity index (χ0v) is 14.1. The Bertz CT molecular complexity index is 583. The van der Waals surface area contributed by atoms with Gasteiger partial charge in [0, 0.05) is 16.8 Å². The Morgan fingerprint density at radius 1 is 1.17 bits per heavy atom. The summed E-state index contributed by atoms with van der Waals surface area (Å²) in [6.07, 6.45) is 11.4. The van der Waals surface area contributed by atoms with Crippen LogP contribution >= 0.6 is 0 Å². The predicted octanol–water partition coefficient (Wildman–Crippen LogP) is 4.17. The first kappa shape index (κ1) is 15.3. The highest BCUT2D eigenvalue weighted by Crippen LogP contribution is 2.65. The maximum Gasteiger partial charge on any atom is 0.209 e. The second-order valence-corrected chi connectivity index (χ2v) is 8.75. The van der Waals surface area contributed by atoms with Crippen LogP contribution in [0.5, 0.6) is 0 Å². The molecule has 4 heteroatoms. The van der Waals surface area contributed by atoms with Crippen LogP contribution in [0.2, 0.25) is 0 Å².